The van der Waals surface area contributed by atoms with Crippen molar-refractivity contribution in [1.82, 2.24) is 4.98 Å². The largest absolute Gasteiger partial charge is 0.264 e. The second-order valence-electron chi connectivity index (χ2n) is 4.40. The van der Waals surface area contributed by atoms with Crippen molar-refractivity contribution < 1.29 is 0 Å². The predicted molar refractivity (Wildman–Crippen MR) is 59.1 cm³/mol. The molecule has 0 atom stereocenters. The summed E-state index contributed by atoms with van der Waals surface area (Å²) in [5.74, 6) is 1.10. The molecule has 0 spiro atoms. The van der Waals surface area contributed by atoms with Gasteiger partial charge in [0.15, 0.2) is 0 Å². The van der Waals surface area contributed by atoms with Gasteiger partial charge in [0.1, 0.15) is 0 Å². The highest BCUT2D eigenvalue weighted by molar-refractivity contribution is 5.08. The van der Waals surface area contributed by atoms with Crippen molar-refractivity contribution in [2.24, 2.45) is 5.92 Å². The van der Waals surface area contributed by atoms with Crippen LogP contribution in [-0.4, -0.2) is 4.98 Å². The van der Waals surface area contributed by atoms with E-state index in [-0.39, 0.29) is 0 Å². The molecule has 1 saturated carbocycles. The molecule has 1 heterocycles. The molecule has 0 N–H and O–H groups in total. The summed E-state index contributed by atoms with van der Waals surface area (Å²) >= 11 is 0. The number of aryl methyl sites for hydroxylation is 1. The van der Waals surface area contributed by atoms with E-state index in [2.05, 4.69) is 11.1 Å². The molecule has 2 rings (SSSR count). The minimum Gasteiger partial charge on any atom is -0.264 e. The Labute approximate surface area is 86.6 Å². The fraction of sp³-hybridized carbons (Fsp3) is 0.615. The number of hydrogen-bond donors (Lipinski definition) is 0. The SMILES string of the molecule is c1cncc(CCCCCC2CC2)c1. The van der Waals surface area contributed by atoms with Crippen LogP contribution in [0.25, 0.3) is 0 Å². The molecule has 76 valence electrons. The summed E-state index contributed by atoms with van der Waals surface area (Å²) in [6.45, 7) is 0. The summed E-state index contributed by atoms with van der Waals surface area (Å²) < 4.78 is 0. The Hall–Kier alpha value is -0.850. The minimum atomic E-state index is 1.10. The van der Waals surface area contributed by atoms with Crippen molar-refractivity contribution in [1.29, 1.82) is 0 Å². The Kier molecular flexibility index (Phi) is 3.56. The van der Waals surface area contributed by atoms with Crippen molar-refractivity contribution in [2.45, 2.75) is 44.9 Å². The summed E-state index contributed by atoms with van der Waals surface area (Å²) in [6.07, 6.45) is 13.7. The first kappa shape index (κ1) is 9.70. The van der Waals surface area contributed by atoms with Crippen LogP contribution < -0.4 is 0 Å². The maximum atomic E-state index is 4.12. The molecule has 1 aromatic heterocycles. The van der Waals surface area contributed by atoms with Gasteiger partial charge in [-0.1, -0.05) is 38.2 Å². The number of hydrogen-bond acceptors (Lipinski definition) is 1. The van der Waals surface area contributed by atoms with E-state index in [9.17, 15) is 0 Å². The number of rotatable bonds is 6. The van der Waals surface area contributed by atoms with E-state index in [1.807, 2.05) is 18.5 Å². The monoisotopic (exact) mass is 189 g/mol. The number of aromatic nitrogens is 1. The zero-order valence-electron chi connectivity index (χ0n) is 8.78. The van der Waals surface area contributed by atoms with Gasteiger partial charge >= 0.3 is 0 Å². The van der Waals surface area contributed by atoms with Gasteiger partial charge in [0, 0.05) is 12.4 Å². The third kappa shape index (κ3) is 3.49. The van der Waals surface area contributed by atoms with E-state index in [1.165, 1.54) is 50.5 Å². The molecule has 1 aromatic rings. The molecule has 0 amide bonds. The first-order valence-electron chi connectivity index (χ1n) is 5.84. The van der Waals surface area contributed by atoms with Crippen LogP contribution in [0.1, 0.15) is 44.1 Å². The number of nitrogens with zero attached hydrogens (tertiary/aromatic N) is 1. The van der Waals surface area contributed by atoms with Crippen molar-refractivity contribution in [3.8, 4) is 0 Å². The molecule has 1 aliphatic rings. The van der Waals surface area contributed by atoms with Gasteiger partial charge < -0.3 is 0 Å². The molecule has 0 aromatic carbocycles. The van der Waals surface area contributed by atoms with Crippen molar-refractivity contribution in [3.05, 3.63) is 30.1 Å². The molecule has 14 heavy (non-hydrogen) atoms. The van der Waals surface area contributed by atoms with E-state index in [0.717, 1.165) is 5.92 Å². The second kappa shape index (κ2) is 5.14. The molecule has 1 nitrogen and oxygen atoms in total. The summed E-state index contributed by atoms with van der Waals surface area (Å²) in [5, 5.41) is 0. The normalized spacial score (nSPS) is 15.7. The molecule has 0 aliphatic heterocycles. The lowest BCUT2D eigenvalue weighted by Crippen LogP contribution is -1.87. The second-order valence-corrected chi connectivity index (χ2v) is 4.40. The summed E-state index contributed by atoms with van der Waals surface area (Å²) in [7, 11) is 0. The topological polar surface area (TPSA) is 12.9 Å². The highest BCUT2D eigenvalue weighted by Crippen LogP contribution is 2.34. The molecule has 1 fully saturated rings. The van der Waals surface area contributed by atoms with E-state index in [4.69, 9.17) is 0 Å². The Morgan fingerprint density at radius 3 is 2.86 bits per heavy atom. The van der Waals surface area contributed by atoms with E-state index in [1.54, 1.807) is 0 Å². The van der Waals surface area contributed by atoms with E-state index < -0.39 is 0 Å². The summed E-state index contributed by atoms with van der Waals surface area (Å²) in [4.78, 5) is 4.12. The quantitative estimate of drug-likeness (QED) is 0.623. The van der Waals surface area contributed by atoms with Gasteiger partial charge in [0.2, 0.25) is 0 Å². The molecule has 0 bridgehead atoms. The lowest BCUT2D eigenvalue weighted by atomic mass is 10.1. The Morgan fingerprint density at radius 1 is 1.21 bits per heavy atom. The molecule has 1 heteroatoms. The third-order valence-corrected chi connectivity index (χ3v) is 3.00. The van der Waals surface area contributed by atoms with Crippen LogP contribution in [0.5, 0.6) is 0 Å². The molecular formula is C13H19N. The van der Waals surface area contributed by atoms with Gasteiger partial charge in [-0.15, -0.1) is 0 Å². The van der Waals surface area contributed by atoms with Gasteiger partial charge in [-0.3, -0.25) is 4.98 Å². The number of unbranched alkanes of at least 4 members (excludes halogenated alkanes) is 2. The van der Waals surface area contributed by atoms with Gasteiger partial charge in [0.05, 0.1) is 0 Å². The fourth-order valence-corrected chi connectivity index (χ4v) is 1.89. The Bertz CT molecular complexity index is 251. The van der Waals surface area contributed by atoms with E-state index >= 15 is 0 Å². The van der Waals surface area contributed by atoms with Crippen LogP contribution in [0.2, 0.25) is 0 Å². The highest BCUT2D eigenvalue weighted by Gasteiger charge is 2.19. The van der Waals surface area contributed by atoms with Gasteiger partial charge in [-0.05, 0) is 30.4 Å². The fourth-order valence-electron chi connectivity index (χ4n) is 1.89. The van der Waals surface area contributed by atoms with Crippen molar-refractivity contribution in [2.75, 3.05) is 0 Å². The van der Waals surface area contributed by atoms with Crippen LogP contribution in [0.4, 0.5) is 0 Å². The van der Waals surface area contributed by atoms with Crippen LogP contribution in [-0.2, 0) is 6.42 Å². The summed E-state index contributed by atoms with van der Waals surface area (Å²) in [5.41, 5.74) is 1.39. The molecule has 0 unspecified atom stereocenters. The molecule has 0 radical (unpaired) electrons. The maximum Gasteiger partial charge on any atom is 0.0299 e. The van der Waals surface area contributed by atoms with Gasteiger partial charge in [0.25, 0.3) is 0 Å². The first-order chi connectivity index (χ1) is 6.95. The third-order valence-electron chi connectivity index (χ3n) is 3.00. The van der Waals surface area contributed by atoms with Crippen molar-refractivity contribution in [3.63, 3.8) is 0 Å². The average Bonchev–Trinajstić information content (AvgIpc) is 3.03. The first-order valence-corrected chi connectivity index (χ1v) is 5.84. The van der Waals surface area contributed by atoms with E-state index in [0.29, 0.717) is 0 Å². The lowest BCUT2D eigenvalue weighted by Gasteiger charge is -2.00. The number of pyridine rings is 1. The Balaban J connectivity index is 1.54. The predicted octanol–water partition coefficient (Wildman–Crippen LogP) is 3.59. The standard InChI is InChI=1S/C13H19N/c1(2-5-12-8-9-12)3-6-13-7-4-10-14-11-13/h4,7,10-12H,1-3,5-6,8-9H2. The summed E-state index contributed by atoms with van der Waals surface area (Å²) in [6, 6.07) is 4.20. The molecular weight excluding hydrogens is 170 g/mol. The highest BCUT2D eigenvalue weighted by atomic mass is 14.6. The minimum absolute atomic E-state index is 1.10. The average molecular weight is 189 g/mol. The molecule has 1 aliphatic carbocycles. The Morgan fingerprint density at radius 2 is 2.14 bits per heavy atom. The lowest BCUT2D eigenvalue weighted by molar-refractivity contribution is 0.602. The van der Waals surface area contributed by atoms with Gasteiger partial charge in [-0.2, -0.15) is 0 Å². The zero-order chi connectivity index (χ0) is 9.64. The van der Waals surface area contributed by atoms with Crippen LogP contribution in [0.3, 0.4) is 0 Å². The van der Waals surface area contributed by atoms with Crippen LogP contribution in [0.15, 0.2) is 24.5 Å². The van der Waals surface area contributed by atoms with Crippen LogP contribution in [0, 0.1) is 5.92 Å². The van der Waals surface area contributed by atoms with Gasteiger partial charge in [-0.25, -0.2) is 0 Å². The smallest absolute Gasteiger partial charge is 0.0299 e. The zero-order valence-corrected chi connectivity index (χ0v) is 8.78. The maximum absolute atomic E-state index is 4.12. The van der Waals surface area contributed by atoms with Crippen molar-refractivity contribution >= 4 is 0 Å². The molecule has 0 saturated heterocycles. The van der Waals surface area contributed by atoms with Crippen LogP contribution >= 0.6 is 0 Å².